The number of nitrogens with two attached hydrogens (primary N) is 1. The normalized spacial score (nSPS) is 10.5. The predicted octanol–water partition coefficient (Wildman–Crippen LogP) is 1.24. The topological polar surface area (TPSA) is 86.3 Å². The molecule has 0 aliphatic heterocycles. The lowest BCUT2D eigenvalue weighted by atomic mass is 10.2. The number of amides is 1. The number of carbonyl (C=O) groups is 1. The van der Waals surface area contributed by atoms with Gasteiger partial charge in [0.15, 0.2) is 5.82 Å². The van der Waals surface area contributed by atoms with Crippen molar-refractivity contribution in [2.24, 2.45) is 0 Å². The molecular formula is C14H19N5O2S. The maximum atomic E-state index is 11.6. The highest BCUT2D eigenvalue weighted by Crippen LogP contribution is 2.23. The van der Waals surface area contributed by atoms with E-state index in [-0.39, 0.29) is 11.7 Å². The summed E-state index contributed by atoms with van der Waals surface area (Å²) in [6.07, 6.45) is 0. The van der Waals surface area contributed by atoms with Gasteiger partial charge in [0.1, 0.15) is 5.75 Å². The van der Waals surface area contributed by atoms with Crippen molar-refractivity contribution in [1.29, 1.82) is 0 Å². The maximum absolute atomic E-state index is 11.6. The summed E-state index contributed by atoms with van der Waals surface area (Å²) in [5.41, 5.74) is 0.837. The fourth-order valence-corrected chi connectivity index (χ4v) is 2.53. The molecule has 7 nitrogen and oxygen atoms in total. The van der Waals surface area contributed by atoms with E-state index in [4.69, 9.17) is 10.6 Å². The van der Waals surface area contributed by atoms with E-state index in [1.807, 2.05) is 31.2 Å². The molecule has 1 amide bonds. The van der Waals surface area contributed by atoms with Crippen LogP contribution in [0.3, 0.4) is 0 Å². The highest BCUT2D eigenvalue weighted by Gasteiger charge is 2.14. The first-order valence-electron chi connectivity index (χ1n) is 6.79. The summed E-state index contributed by atoms with van der Waals surface area (Å²) in [5, 5.41) is 8.62. The van der Waals surface area contributed by atoms with Crippen LogP contribution in [0, 0.1) is 0 Å². The van der Waals surface area contributed by atoms with Gasteiger partial charge in [-0.3, -0.25) is 4.79 Å². The van der Waals surface area contributed by atoms with Crippen LogP contribution in [-0.4, -0.2) is 52.1 Å². The number of thioether (sulfide) groups is 1. The second-order valence-electron chi connectivity index (χ2n) is 4.71. The molecule has 0 bridgehead atoms. The monoisotopic (exact) mass is 321 g/mol. The van der Waals surface area contributed by atoms with Crippen LogP contribution < -0.4 is 10.6 Å². The SMILES string of the molecule is CCOc1ccc(-c2nnc(SCC(=O)N(C)C)n2N)cc1. The Bertz CT molecular complexity index is 639. The van der Waals surface area contributed by atoms with Gasteiger partial charge in [-0.1, -0.05) is 11.8 Å². The van der Waals surface area contributed by atoms with Crippen molar-refractivity contribution in [3.8, 4) is 17.1 Å². The van der Waals surface area contributed by atoms with E-state index in [0.29, 0.717) is 17.6 Å². The summed E-state index contributed by atoms with van der Waals surface area (Å²) >= 11 is 1.26. The van der Waals surface area contributed by atoms with Gasteiger partial charge < -0.3 is 15.5 Å². The van der Waals surface area contributed by atoms with Crippen LogP contribution in [0.4, 0.5) is 0 Å². The molecule has 0 saturated carbocycles. The molecule has 2 N–H and O–H groups in total. The number of aromatic nitrogens is 3. The lowest BCUT2D eigenvalue weighted by molar-refractivity contribution is -0.125. The number of hydrogen-bond acceptors (Lipinski definition) is 6. The van der Waals surface area contributed by atoms with Crippen molar-refractivity contribution in [3.05, 3.63) is 24.3 Å². The molecule has 0 aliphatic rings. The molecule has 2 aromatic rings. The van der Waals surface area contributed by atoms with E-state index >= 15 is 0 Å². The molecular weight excluding hydrogens is 302 g/mol. The Labute approximate surface area is 133 Å². The predicted molar refractivity (Wildman–Crippen MR) is 86.2 cm³/mol. The van der Waals surface area contributed by atoms with E-state index < -0.39 is 0 Å². The van der Waals surface area contributed by atoms with Gasteiger partial charge in [0.05, 0.1) is 12.4 Å². The second kappa shape index (κ2) is 7.17. The summed E-state index contributed by atoms with van der Waals surface area (Å²) < 4.78 is 6.79. The molecule has 2 rings (SSSR count). The zero-order valence-corrected chi connectivity index (χ0v) is 13.6. The summed E-state index contributed by atoms with van der Waals surface area (Å²) in [6.45, 7) is 2.55. The van der Waals surface area contributed by atoms with E-state index in [2.05, 4.69) is 10.2 Å². The number of ether oxygens (including phenoxy) is 1. The number of nitrogen functional groups attached to an aromatic ring is 1. The largest absolute Gasteiger partial charge is 0.494 e. The molecule has 0 spiro atoms. The van der Waals surface area contributed by atoms with E-state index in [0.717, 1.165) is 11.3 Å². The fraction of sp³-hybridized carbons (Fsp3) is 0.357. The number of nitrogens with zero attached hydrogens (tertiary/aromatic N) is 4. The van der Waals surface area contributed by atoms with Gasteiger partial charge in [-0.05, 0) is 31.2 Å². The Morgan fingerprint density at radius 2 is 2.00 bits per heavy atom. The van der Waals surface area contributed by atoms with Crippen molar-refractivity contribution in [3.63, 3.8) is 0 Å². The molecule has 1 aromatic heterocycles. The number of benzene rings is 1. The summed E-state index contributed by atoms with van der Waals surface area (Å²) in [6, 6.07) is 7.46. The fourth-order valence-electron chi connectivity index (χ4n) is 1.69. The van der Waals surface area contributed by atoms with Crippen LogP contribution in [0.1, 0.15) is 6.92 Å². The van der Waals surface area contributed by atoms with Gasteiger partial charge in [-0.25, -0.2) is 4.68 Å². The van der Waals surface area contributed by atoms with Crippen LogP contribution in [0.2, 0.25) is 0 Å². The van der Waals surface area contributed by atoms with Crippen LogP contribution in [-0.2, 0) is 4.79 Å². The van der Waals surface area contributed by atoms with Gasteiger partial charge in [0, 0.05) is 19.7 Å². The van der Waals surface area contributed by atoms with Gasteiger partial charge in [0.25, 0.3) is 0 Å². The lowest BCUT2D eigenvalue weighted by Gasteiger charge is -2.09. The van der Waals surface area contributed by atoms with Gasteiger partial charge in [-0.15, -0.1) is 10.2 Å². The smallest absolute Gasteiger partial charge is 0.232 e. The van der Waals surface area contributed by atoms with Crippen molar-refractivity contribution in [2.75, 3.05) is 32.3 Å². The van der Waals surface area contributed by atoms with E-state index in [1.165, 1.54) is 21.3 Å². The minimum Gasteiger partial charge on any atom is -0.494 e. The standard InChI is InChI=1S/C14H19N5O2S/c1-4-21-11-7-5-10(6-8-11)13-16-17-14(19(13)15)22-9-12(20)18(2)3/h5-8H,4,9,15H2,1-3H3. The van der Waals surface area contributed by atoms with Crippen LogP contribution in [0.5, 0.6) is 5.75 Å². The summed E-state index contributed by atoms with van der Waals surface area (Å²) in [5.74, 6) is 7.61. The average molecular weight is 321 g/mol. The quantitative estimate of drug-likeness (QED) is 0.636. The highest BCUT2D eigenvalue weighted by atomic mass is 32.2. The first-order chi connectivity index (χ1) is 10.5. The maximum Gasteiger partial charge on any atom is 0.232 e. The average Bonchev–Trinajstić information content (AvgIpc) is 2.87. The molecule has 22 heavy (non-hydrogen) atoms. The van der Waals surface area contributed by atoms with E-state index in [1.54, 1.807) is 14.1 Å². The van der Waals surface area contributed by atoms with Gasteiger partial charge in [-0.2, -0.15) is 0 Å². The van der Waals surface area contributed by atoms with Crippen molar-refractivity contribution < 1.29 is 9.53 Å². The Morgan fingerprint density at radius 1 is 1.32 bits per heavy atom. The number of hydrogen-bond donors (Lipinski definition) is 1. The number of rotatable bonds is 6. The zero-order chi connectivity index (χ0) is 16.1. The second-order valence-corrected chi connectivity index (χ2v) is 5.65. The zero-order valence-electron chi connectivity index (χ0n) is 12.8. The Morgan fingerprint density at radius 3 is 2.59 bits per heavy atom. The summed E-state index contributed by atoms with van der Waals surface area (Å²) in [7, 11) is 3.42. The van der Waals surface area contributed by atoms with Crippen LogP contribution >= 0.6 is 11.8 Å². The van der Waals surface area contributed by atoms with Crippen molar-refractivity contribution in [2.45, 2.75) is 12.1 Å². The molecule has 0 radical (unpaired) electrons. The molecule has 0 unspecified atom stereocenters. The Hall–Kier alpha value is -2.22. The molecule has 0 saturated heterocycles. The highest BCUT2D eigenvalue weighted by molar-refractivity contribution is 7.99. The van der Waals surface area contributed by atoms with Gasteiger partial charge in [0.2, 0.25) is 11.1 Å². The Kier molecular flexibility index (Phi) is 5.26. The molecule has 0 atom stereocenters. The molecule has 1 heterocycles. The first-order valence-corrected chi connectivity index (χ1v) is 7.78. The Balaban J connectivity index is 2.11. The van der Waals surface area contributed by atoms with Crippen LogP contribution in [0.15, 0.2) is 29.4 Å². The summed E-state index contributed by atoms with van der Waals surface area (Å²) in [4.78, 5) is 13.1. The molecule has 0 fully saturated rings. The molecule has 8 heteroatoms. The van der Waals surface area contributed by atoms with Gasteiger partial charge >= 0.3 is 0 Å². The minimum atomic E-state index is -0.00406. The molecule has 1 aromatic carbocycles. The third kappa shape index (κ3) is 3.70. The minimum absolute atomic E-state index is 0.00406. The number of carbonyl (C=O) groups excluding carboxylic acids is 1. The van der Waals surface area contributed by atoms with Crippen LogP contribution in [0.25, 0.3) is 11.4 Å². The van der Waals surface area contributed by atoms with Crippen molar-refractivity contribution >= 4 is 17.7 Å². The molecule has 118 valence electrons. The third-order valence-corrected chi connectivity index (χ3v) is 3.84. The third-order valence-electron chi connectivity index (χ3n) is 2.91. The first kappa shape index (κ1) is 16.2. The molecule has 0 aliphatic carbocycles. The van der Waals surface area contributed by atoms with E-state index in [9.17, 15) is 4.79 Å². The van der Waals surface area contributed by atoms with Crippen molar-refractivity contribution in [1.82, 2.24) is 19.8 Å². The lowest BCUT2D eigenvalue weighted by Crippen LogP contribution is -2.24.